The fourth-order valence-electron chi connectivity index (χ4n) is 5.90. The molecular weight excluding hydrogens is 617 g/mol. The Labute approximate surface area is 309 Å². The monoisotopic (exact) mass is 695 g/mol. The number of aliphatic carboxylic acids is 1. The third-order valence-electron chi connectivity index (χ3n) is 8.94. The van der Waals surface area contributed by atoms with Gasteiger partial charge >= 0.3 is 11.9 Å². The number of hydrogen-bond acceptors (Lipinski definition) is 3. The van der Waals surface area contributed by atoms with E-state index in [0.717, 1.165) is 77.0 Å². The van der Waals surface area contributed by atoms with Crippen LogP contribution in [0, 0.1) is 0 Å². The highest BCUT2D eigenvalue weighted by atomic mass is 16.5. The number of hydrogen-bond donors (Lipinski definition) is 1. The zero-order chi connectivity index (χ0) is 36.4. The summed E-state index contributed by atoms with van der Waals surface area (Å²) in [6.45, 7) is 4.43. The summed E-state index contributed by atoms with van der Waals surface area (Å²) in [4.78, 5) is 23.5. The quantitative estimate of drug-likeness (QED) is 0.0399. The van der Waals surface area contributed by atoms with Crippen LogP contribution in [0.25, 0.3) is 0 Å². The average molecular weight is 695 g/mol. The first-order chi connectivity index (χ1) is 24.6. The summed E-state index contributed by atoms with van der Waals surface area (Å²) < 4.78 is 5.82. The summed E-state index contributed by atoms with van der Waals surface area (Å²) in [7, 11) is 0. The number of carboxylic acid groups (broad SMARTS) is 1. The molecule has 1 atom stereocenters. The van der Waals surface area contributed by atoms with Gasteiger partial charge < -0.3 is 9.84 Å². The molecule has 0 saturated carbocycles. The second kappa shape index (κ2) is 40.8. The van der Waals surface area contributed by atoms with E-state index < -0.39 is 5.97 Å². The molecule has 0 aliphatic heterocycles. The molecule has 0 aliphatic rings. The molecule has 0 rings (SSSR count). The van der Waals surface area contributed by atoms with Gasteiger partial charge in [-0.25, -0.2) is 0 Å². The predicted molar refractivity (Wildman–Crippen MR) is 218 cm³/mol. The first-order valence-electron chi connectivity index (χ1n) is 20.9. The Morgan fingerprint density at radius 2 is 0.860 bits per heavy atom. The molecule has 0 saturated heterocycles. The summed E-state index contributed by atoms with van der Waals surface area (Å²) >= 11 is 0. The van der Waals surface area contributed by atoms with Gasteiger partial charge in [0, 0.05) is 12.8 Å². The van der Waals surface area contributed by atoms with Crippen molar-refractivity contribution in [3.05, 3.63) is 72.9 Å². The van der Waals surface area contributed by atoms with E-state index >= 15 is 0 Å². The van der Waals surface area contributed by atoms with Gasteiger partial charge in [-0.3, -0.25) is 9.59 Å². The Hall–Kier alpha value is -2.62. The number of esters is 1. The summed E-state index contributed by atoms with van der Waals surface area (Å²) in [5, 5.41) is 9.04. The van der Waals surface area contributed by atoms with Gasteiger partial charge in [0.05, 0.1) is 0 Å². The SMILES string of the molecule is CC/C=C\C/C=C\C/C=C\C/C=C\C/C=C\C/C=C\CCCCC(=O)OC(CCCCCCCCCCCCCCCCC)CCCC(=O)O. The lowest BCUT2D eigenvalue weighted by Gasteiger charge is -2.18. The number of carboxylic acids is 1. The maximum Gasteiger partial charge on any atom is 0.306 e. The van der Waals surface area contributed by atoms with Crippen molar-refractivity contribution in [3.8, 4) is 0 Å². The first kappa shape index (κ1) is 47.4. The second-order valence-electron chi connectivity index (χ2n) is 13.8. The Morgan fingerprint density at radius 1 is 0.460 bits per heavy atom. The van der Waals surface area contributed by atoms with E-state index in [0.29, 0.717) is 19.3 Å². The van der Waals surface area contributed by atoms with Crippen LogP contribution in [0.2, 0.25) is 0 Å². The van der Waals surface area contributed by atoms with Crippen LogP contribution in [-0.2, 0) is 14.3 Å². The third kappa shape index (κ3) is 39.8. The highest BCUT2D eigenvalue weighted by Crippen LogP contribution is 2.18. The lowest BCUT2D eigenvalue weighted by Crippen LogP contribution is -2.18. The zero-order valence-corrected chi connectivity index (χ0v) is 32.7. The Balaban J connectivity index is 3.92. The average Bonchev–Trinajstić information content (AvgIpc) is 3.10. The molecule has 286 valence electrons. The van der Waals surface area contributed by atoms with Gasteiger partial charge in [-0.1, -0.05) is 177 Å². The van der Waals surface area contributed by atoms with E-state index in [1.807, 2.05) is 0 Å². The van der Waals surface area contributed by atoms with Crippen LogP contribution in [0.1, 0.15) is 200 Å². The minimum Gasteiger partial charge on any atom is -0.481 e. The molecule has 0 aromatic rings. The standard InChI is InChI=1S/C46H78O4/c1-3-5-7-9-11-13-15-17-19-20-21-22-23-24-26-28-30-32-34-36-38-43-46(49)50-44(41-39-42-45(47)48)40-37-35-33-31-29-27-25-18-16-14-12-10-8-6-4-2/h5,7,11,13,17,19,21-22,24,26,30,32,44H,3-4,6,8-10,12,14-16,18,20,23,25,27-29,31,33-43H2,1-2H3,(H,47,48)/b7-5-,13-11-,19-17-,22-21-,26-24-,32-30-. The topological polar surface area (TPSA) is 63.6 Å². The molecule has 0 heterocycles. The Kier molecular flexibility index (Phi) is 38.7. The highest BCUT2D eigenvalue weighted by molar-refractivity contribution is 5.69. The second-order valence-corrected chi connectivity index (χ2v) is 13.8. The number of unbranched alkanes of at least 4 members (excludes halogenated alkanes) is 16. The molecular formula is C46H78O4. The van der Waals surface area contributed by atoms with Gasteiger partial charge in [0.1, 0.15) is 6.10 Å². The molecule has 0 aromatic heterocycles. The molecule has 0 radical (unpaired) electrons. The van der Waals surface area contributed by atoms with Crippen molar-refractivity contribution < 1.29 is 19.4 Å². The van der Waals surface area contributed by atoms with E-state index in [1.54, 1.807) is 0 Å². The van der Waals surface area contributed by atoms with Crippen molar-refractivity contribution in [1.82, 2.24) is 0 Å². The van der Waals surface area contributed by atoms with Gasteiger partial charge in [-0.15, -0.1) is 0 Å². The van der Waals surface area contributed by atoms with Crippen molar-refractivity contribution in [2.45, 2.75) is 206 Å². The Bertz CT molecular complexity index is 922. The van der Waals surface area contributed by atoms with Crippen molar-refractivity contribution in [2.75, 3.05) is 0 Å². The van der Waals surface area contributed by atoms with Crippen LogP contribution >= 0.6 is 0 Å². The minimum absolute atomic E-state index is 0.131. The third-order valence-corrected chi connectivity index (χ3v) is 8.94. The molecule has 0 bridgehead atoms. The lowest BCUT2D eigenvalue weighted by molar-refractivity contribution is -0.150. The number of carbonyl (C=O) groups is 2. The molecule has 0 amide bonds. The minimum atomic E-state index is -0.781. The normalized spacial score (nSPS) is 13.0. The van der Waals surface area contributed by atoms with E-state index in [-0.39, 0.29) is 18.5 Å². The first-order valence-corrected chi connectivity index (χ1v) is 20.9. The molecule has 4 nitrogen and oxygen atoms in total. The van der Waals surface area contributed by atoms with E-state index in [9.17, 15) is 9.59 Å². The number of ether oxygens (including phenoxy) is 1. The van der Waals surface area contributed by atoms with Crippen molar-refractivity contribution in [1.29, 1.82) is 0 Å². The molecule has 0 fully saturated rings. The van der Waals surface area contributed by atoms with Crippen molar-refractivity contribution >= 4 is 11.9 Å². The molecule has 0 aliphatic carbocycles. The maximum absolute atomic E-state index is 12.5. The molecule has 0 spiro atoms. The molecule has 1 unspecified atom stereocenters. The van der Waals surface area contributed by atoms with Crippen LogP contribution in [0.4, 0.5) is 0 Å². The molecule has 50 heavy (non-hydrogen) atoms. The Morgan fingerprint density at radius 3 is 1.30 bits per heavy atom. The smallest absolute Gasteiger partial charge is 0.306 e. The van der Waals surface area contributed by atoms with Crippen LogP contribution < -0.4 is 0 Å². The van der Waals surface area contributed by atoms with E-state index in [2.05, 4.69) is 86.8 Å². The van der Waals surface area contributed by atoms with E-state index in [4.69, 9.17) is 9.84 Å². The highest BCUT2D eigenvalue weighted by Gasteiger charge is 2.15. The van der Waals surface area contributed by atoms with Gasteiger partial charge in [-0.05, 0) is 83.5 Å². The summed E-state index contributed by atoms with van der Waals surface area (Å²) in [6, 6.07) is 0. The lowest BCUT2D eigenvalue weighted by atomic mass is 10.0. The van der Waals surface area contributed by atoms with Gasteiger partial charge in [0.2, 0.25) is 0 Å². The van der Waals surface area contributed by atoms with Crippen LogP contribution in [0.3, 0.4) is 0 Å². The van der Waals surface area contributed by atoms with Crippen LogP contribution in [0.15, 0.2) is 72.9 Å². The number of allylic oxidation sites excluding steroid dienone is 12. The van der Waals surface area contributed by atoms with Gasteiger partial charge in [-0.2, -0.15) is 0 Å². The largest absolute Gasteiger partial charge is 0.481 e. The predicted octanol–water partition coefficient (Wildman–Crippen LogP) is 14.7. The van der Waals surface area contributed by atoms with Crippen LogP contribution in [-0.4, -0.2) is 23.1 Å². The van der Waals surface area contributed by atoms with Gasteiger partial charge in [0.25, 0.3) is 0 Å². The fourth-order valence-corrected chi connectivity index (χ4v) is 5.90. The fraction of sp³-hybridized carbons (Fsp3) is 0.696. The maximum atomic E-state index is 12.5. The number of rotatable bonds is 37. The zero-order valence-electron chi connectivity index (χ0n) is 32.7. The summed E-state index contributed by atoms with van der Waals surface area (Å²) in [5.74, 6) is -0.912. The summed E-state index contributed by atoms with van der Waals surface area (Å²) in [6.07, 6.45) is 57.8. The van der Waals surface area contributed by atoms with E-state index in [1.165, 1.54) is 83.5 Å². The molecule has 4 heteroatoms. The summed E-state index contributed by atoms with van der Waals surface area (Å²) in [5.41, 5.74) is 0. The number of carbonyl (C=O) groups excluding carboxylic acids is 1. The van der Waals surface area contributed by atoms with Crippen molar-refractivity contribution in [2.24, 2.45) is 0 Å². The molecule has 1 N–H and O–H groups in total. The van der Waals surface area contributed by atoms with Gasteiger partial charge in [0.15, 0.2) is 0 Å². The van der Waals surface area contributed by atoms with Crippen LogP contribution in [0.5, 0.6) is 0 Å². The van der Waals surface area contributed by atoms with Crippen molar-refractivity contribution in [3.63, 3.8) is 0 Å². The molecule has 0 aromatic carbocycles.